The van der Waals surface area contributed by atoms with Crippen molar-refractivity contribution < 1.29 is 9.66 Å². The van der Waals surface area contributed by atoms with E-state index < -0.39 is 4.92 Å². The molecule has 0 amide bonds. The molecule has 2 atom stereocenters. The molecule has 1 N–H and O–H groups in total. The number of aromatic nitrogens is 1. The lowest BCUT2D eigenvalue weighted by Gasteiger charge is -2.29. The molecule has 6 nitrogen and oxygen atoms in total. The van der Waals surface area contributed by atoms with E-state index in [2.05, 4.69) is 10.3 Å². The molecule has 2 rings (SSSR count). The average Bonchev–Trinajstić information content (AvgIpc) is 2.62. The largest absolute Gasteiger partial charge is 0.376 e. The van der Waals surface area contributed by atoms with Gasteiger partial charge in [-0.3, -0.25) is 10.1 Å². The summed E-state index contributed by atoms with van der Waals surface area (Å²) in [5.41, 5.74) is -0.376. The number of nitro groups is 1. The topological polar surface area (TPSA) is 77.3 Å². The zero-order valence-corrected chi connectivity index (χ0v) is 10.9. The summed E-state index contributed by atoms with van der Waals surface area (Å²) in [5.74, 6) is 0.446. The van der Waals surface area contributed by atoms with Gasteiger partial charge in [0.2, 0.25) is 0 Å². The lowest BCUT2D eigenvalue weighted by Crippen LogP contribution is -2.41. The first-order chi connectivity index (χ1) is 8.42. The van der Waals surface area contributed by atoms with Crippen LogP contribution in [-0.2, 0) is 4.74 Å². The van der Waals surface area contributed by atoms with Gasteiger partial charge in [-0.2, -0.15) is 0 Å². The number of anilines is 1. The Labute approximate surface area is 109 Å². The lowest BCUT2D eigenvalue weighted by atomic mass is 9.95. The van der Waals surface area contributed by atoms with Gasteiger partial charge in [0.1, 0.15) is 12.0 Å². The Morgan fingerprint density at radius 2 is 2.44 bits per heavy atom. The Balaban J connectivity index is 2.22. The fraction of sp³-hybridized carbons (Fsp3) is 0.545. The molecule has 1 aliphatic heterocycles. The SMILES string of the molecule is C[C@@H]1OCC[C@@]1(C)Nc1ncc([N+](=O)[O-])cc1Cl. The summed E-state index contributed by atoms with van der Waals surface area (Å²) in [5, 5.41) is 14.0. The minimum Gasteiger partial charge on any atom is -0.376 e. The van der Waals surface area contributed by atoms with E-state index in [0.29, 0.717) is 12.4 Å². The van der Waals surface area contributed by atoms with E-state index in [0.717, 1.165) is 6.42 Å². The number of pyridine rings is 1. The van der Waals surface area contributed by atoms with Gasteiger partial charge in [-0.25, -0.2) is 4.98 Å². The van der Waals surface area contributed by atoms with Crippen LogP contribution in [-0.4, -0.2) is 28.2 Å². The molecule has 0 aliphatic carbocycles. The van der Waals surface area contributed by atoms with Crippen molar-refractivity contribution in [3.63, 3.8) is 0 Å². The minimum absolute atomic E-state index is 0.0329. The second kappa shape index (κ2) is 4.70. The highest BCUT2D eigenvalue weighted by Gasteiger charge is 2.37. The highest BCUT2D eigenvalue weighted by atomic mass is 35.5. The van der Waals surface area contributed by atoms with Crippen LogP contribution in [0.2, 0.25) is 5.02 Å². The van der Waals surface area contributed by atoms with E-state index in [1.807, 2.05) is 13.8 Å². The Morgan fingerprint density at radius 1 is 1.72 bits per heavy atom. The van der Waals surface area contributed by atoms with E-state index in [-0.39, 0.29) is 22.4 Å². The van der Waals surface area contributed by atoms with E-state index in [1.54, 1.807) is 0 Å². The number of halogens is 1. The fourth-order valence-corrected chi connectivity index (χ4v) is 2.10. The van der Waals surface area contributed by atoms with Crippen molar-refractivity contribution in [3.05, 3.63) is 27.4 Å². The van der Waals surface area contributed by atoms with Crippen LogP contribution in [0.25, 0.3) is 0 Å². The normalized spacial score (nSPS) is 27.2. The quantitative estimate of drug-likeness (QED) is 0.675. The first-order valence-corrected chi connectivity index (χ1v) is 6.00. The molecule has 7 heteroatoms. The molecule has 0 aromatic carbocycles. The van der Waals surface area contributed by atoms with Crippen LogP contribution in [0.3, 0.4) is 0 Å². The van der Waals surface area contributed by atoms with Gasteiger partial charge in [-0.1, -0.05) is 11.6 Å². The molecule has 1 aromatic rings. The zero-order valence-electron chi connectivity index (χ0n) is 10.1. The van der Waals surface area contributed by atoms with Gasteiger partial charge >= 0.3 is 0 Å². The number of hydrogen-bond acceptors (Lipinski definition) is 5. The maximum atomic E-state index is 10.6. The molecule has 0 spiro atoms. The molecule has 1 aromatic heterocycles. The molecule has 0 radical (unpaired) electrons. The highest BCUT2D eigenvalue weighted by Crippen LogP contribution is 2.32. The molecule has 1 fully saturated rings. The van der Waals surface area contributed by atoms with Gasteiger partial charge in [0.15, 0.2) is 0 Å². The monoisotopic (exact) mass is 271 g/mol. The molecule has 0 saturated carbocycles. The predicted molar refractivity (Wildman–Crippen MR) is 68.0 cm³/mol. The lowest BCUT2D eigenvalue weighted by molar-refractivity contribution is -0.385. The van der Waals surface area contributed by atoms with Crippen molar-refractivity contribution in [1.29, 1.82) is 0 Å². The van der Waals surface area contributed by atoms with Crippen LogP contribution >= 0.6 is 11.6 Å². The van der Waals surface area contributed by atoms with Crippen LogP contribution < -0.4 is 5.32 Å². The third-order valence-corrected chi connectivity index (χ3v) is 3.62. The Bertz CT molecular complexity index is 483. The van der Waals surface area contributed by atoms with Gasteiger partial charge in [0.05, 0.1) is 21.6 Å². The zero-order chi connectivity index (χ0) is 13.3. The maximum Gasteiger partial charge on any atom is 0.289 e. The fourth-order valence-electron chi connectivity index (χ4n) is 1.89. The van der Waals surface area contributed by atoms with Gasteiger partial charge in [-0.15, -0.1) is 0 Å². The summed E-state index contributed by atoms with van der Waals surface area (Å²) in [6.07, 6.45) is 2.06. The molecule has 1 aliphatic rings. The Morgan fingerprint density at radius 3 is 2.94 bits per heavy atom. The first kappa shape index (κ1) is 13.0. The van der Waals surface area contributed by atoms with Crippen molar-refractivity contribution in [2.75, 3.05) is 11.9 Å². The van der Waals surface area contributed by atoms with E-state index in [1.165, 1.54) is 12.3 Å². The van der Waals surface area contributed by atoms with Crippen LogP contribution in [0, 0.1) is 10.1 Å². The second-order valence-corrected chi connectivity index (χ2v) is 4.99. The molecule has 18 heavy (non-hydrogen) atoms. The molecule has 98 valence electrons. The van der Waals surface area contributed by atoms with Crippen LogP contribution in [0.4, 0.5) is 11.5 Å². The summed E-state index contributed by atoms with van der Waals surface area (Å²) >= 11 is 5.99. The molecular formula is C11H14ClN3O3. The van der Waals surface area contributed by atoms with Crippen molar-refractivity contribution >= 4 is 23.1 Å². The number of ether oxygens (including phenoxy) is 1. The molecule has 1 saturated heterocycles. The van der Waals surface area contributed by atoms with Crippen molar-refractivity contribution in [2.45, 2.75) is 31.9 Å². The van der Waals surface area contributed by atoms with E-state index in [4.69, 9.17) is 16.3 Å². The predicted octanol–water partition coefficient (Wildman–Crippen LogP) is 2.62. The maximum absolute atomic E-state index is 10.6. The number of rotatable bonds is 3. The number of nitrogens with one attached hydrogen (secondary N) is 1. The number of nitrogens with zero attached hydrogens (tertiary/aromatic N) is 2. The molecule has 2 heterocycles. The van der Waals surface area contributed by atoms with Gasteiger partial charge in [-0.05, 0) is 20.3 Å². The first-order valence-electron chi connectivity index (χ1n) is 5.62. The summed E-state index contributed by atoms with van der Waals surface area (Å²) < 4.78 is 5.50. The summed E-state index contributed by atoms with van der Waals surface area (Å²) in [6, 6.07) is 1.29. The Hall–Kier alpha value is -1.40. The molecular weight excluding hydrogens is 258 g/mol. The van der Waals surface area contributed by atoms with Crippen molar-refractivity contribution in [1.82, 2.24) is 4.98 Å². The molecule has 0 unspecified atom stereocenters. The highest BCUT2D eigenvalue weighted by molar-refractivity contribution is 6.33. The van der Waals surface area contributed by atoms with Crippen LogP contribution in [0.5, 0.6) is 0 Å². The van der Waals surface area contributed by atoms with Gasteiger partial charge < -0.3 is 10.1 Å². The third kappa shape index (κ3) is 2.39. The summed E-state index contributed by atoms with van der Waals surface area (Å²) in [6.45, 7) is 4.67. The van der Waals surface area contributed by atoms with Crippen molar-refractivity contribution in [3.8, 4) is 0 Å². The van der Waals surface area contributed by atoms with Crippen LogP contribution in [0.15, 0.2) is 12.3 Å². The number of hydrogen-bond donors (Lipinski definition) is 1. The van der Waals surface area contributed by atoms with Crippen molar-refractivity contribution in [2.24, 2.45) is 0 Å². The van der Waals surface area contributed by atoms with Crippen LogP contribution in [0.1, 0.15) is 20.3 Å². The van der Waals surface area contributed by atoms with Gasteiger partial charge in [0, 0.05) is 12.7 Å². The van der Waals surface area contributed by atoms with E-state index >= 15 is 0 Å². The minimum atomic E-state index is -0.522. The average molecular weight is 272 g/mol. The third-order valence-electron chi connectivity index (χ3n) is 3.33. The van der Waals surface area contributed by atoms with Gasteiger partial charge in [0.25, 0.3) is 5.69 Å². The Kier molecular flexibility index (Phi) is 3.41. The molecule has 0 bridgehead atoms. The van der Waals surface area contributed by atoms with E-state index in [9.17, 15) is 10.1 Å². The standard InChI is InChI=1S/C11H14ClN3O3/c1-7-11(2,3-4-18-7)14-10-9(12)5-8(6-13-10)15(16)17/h5-7H,3-4H2,1-2H3,(H,13,14)/t7-,11+/m0/s1. The smallest absolute Gasteiger partial charge is 0.289 e. The second-order valence-electron chi connectivity index (χ2n) is 4.59. The summed E-state index contributed by atoms with van der Waals surface area (Å²) in [4.78, 5) is 14.1. The summed E-state index contributed by atoms with van der Waals surface area (Å²) in [7, 11) is 0.